The van der Waals surface area contributed by atoms with Crippen LogP contribution in [0.3, 0.4) is 0 Å². The van der Waals surface area contributed by atoms with Crippen molar-refractivity contribution in [3.63, 3.8) is 0 Å². The molecule has 2 rings (SSSR count). The van der Waals surface area contributed by atoms with Gasteiger partial charge in [0.1, 0.15) is 0 Å². The first-order valence-corrected chi connectivity index (χ1v) is 7.70. The van der Waals surface area contributed by atoms with Gasteiger partial charge in [0.15, 0.2) is 0 Å². The van der Waals surface area contributed by atoms with Gasteiger partial charge in [0.05, 0.1) is 6.10 Å². The lowest BCUT2D eigenvalue weighted by molar-refractivity contribution is 0.0165. The van der Waals surface area contributed by atoms with Crippen LogP contribution in [0.4, 0.5) is 0 Å². The van der Waals surface area contributed by atoms with Crippen molar-refractivity contribution >= 4 is 0 Å². The SMILES string of the molecule is CC1CCC(O)C(CN2CCN(C(C)C)CC2)C1. The van der Waals surface area contributed by atoms with E-state index in [2.05, 4.69) is 30.6 Å². The van der Waals surface area contributed by atoms with E-state index in [-0.39, 0.29) is 6.10 Å². The molecule has 106 valence electrons. The van der Waals surface area contributed by atoms with E-state index in [0.29, 0.717) is 12.0 Å². The molecule has 2 aliphatic rings. The van der Waals surface area contributed by atoms with Crippen molar-refractivity contribution in [2.45, 2.75) is 52.2 Å². The monoisotopic (exact) mass is 254 g/mol. The molecule has 3 heteroatoms. The van der Waals surface area contributed by atoms with Gasteiger partial charge in [-0.2, -0.15) is 0 Å². The zero-order valence-electron chi connectivity index (χ0n) is 12.3. The van der Waals surface area contributed by atoms with Crippen LogP contribution in [0.1, 0.15) is 40.0 Å². The second kappa shape index (κ2) is 6.36. The van der Waals surface area contributed by atoms with Crippen molar-refractivity contribution in [3.05, 3.63) is 0 Å². The van der Waals surface area contributed by atoms with Crippen molar-refractivity contribution < 1.29 is 5.11 Å². The van der Waals surface area contributed by atoms with Crippen molar-refractivity contribution in [1.29, 1.82) is 0 Å². The van der Waals surface area contributed by atoms with Crippen LogP contribution < -0.4 is 0 Å². The average Bonchev–Trinajstić information content (AvgIpc) is 2.34. The van der Waals surface area contributed by atoms with Crippen molar-refractivity contribution in [2.75, 3.05) is 32.7 Å². The fourth-order valence-electron chi connectivity index (χ4n) is 3.47. The van der Waals surface area contributed by atoms with E-state index in [4.69, 9.17) is 0 Å². The molecular weight excluding hydrogens is 224 g/mol. The first-order chi connectivity index (χ1) is 8.56. The Balaban J connectivity index is 1.77. The number of hydrogen-bond acceptors (Lipinski definition) is 3. The number of nitrogens with zero attached hydrogens (tertiary/aromatic N) is 2. The molecule has 0 radical (unpaired) electrons. The topological polar surface area (TPSA) is 26.7 Å². The number of rotatable bonds is 3. The summed E-state index contributed by atoms with van der Waals surface area (Å²) in [6.45, 7) is 12.7. The Kier molecular flexibility index (Phi) is 5.05. The fraction of sp³-hybridized carbons (Fsp3) is 1.00. The molecule has 18 heavy (non-hydrogen) atoms. The van der Waals surface area contributed by atoms with Gasteiger partial charge in [-0.1, -0.05) is 6.92 Å². The zero-order chi connectivity index (χ0) is 13.1. The van der Waals surface area contributed by atoms with Gasteiger partial charge < -0.3 is 10.0 Å². The van der Waals surface area contributed by atoms with Crippen LogP contribution in [0, 0.1) is 11.8 Å². The summed E-state index contributed by atoms with van der Waals surface area (Å²) in [5.74, 6) is 1.31. The predicted molar refractivity (Wildman–Crippen MR) is 75.7 cm³/mol. The summed E-state index contributed by atoms with van der Waals surface area (Å²) in [5.41, 5.74) is 0. The Labute approximate surface area is 112 Å². The smallest absolute Gasteiger partial charge is 0.0580 e. The molecule has 1 saturated heterocycles. The van der Waals surface area contributed by atoms with Crippen LogP contribution in [0.15, 0.2) is 0 Å². The molecule has 0 aromatic carbocycles. The number of aliphatic hydroxyl groups is 1. The van der Waals surface area contributed by atoms with Crippen LogP contribution >= 0.6 is 0 Å². The Morgan fingerprint density at radius 2 is 1.78 bits per heavy atom. The van der Waals surface area contributed by atoms with Crippen molar-refractivity contribution in [2.24, 2.45) is 11.8 Å². The average molecular weight is 254 g/mol. The van der Waals surface area contributed by atoms with Gasteiger partial charge in [-0.05, 0) is 44.9 Å². The van der Waals surface area contributed by atoms with Crippen LogP contribution in [-0.4, -0.2) is 59.8 Å². The molecule has 3 nitrogen and oxygen atoms in total. The van der Waals surface area contributed by atoms with Gasteiger partial charge in [0, 0.05) is 38.8 Å². The third-order valence-electron chi connectivity index (χ3n) is 4.83. The Hall–Kier alpha value is -0.120. The van der Waals surface area contributed by atoms with Crippen LogP contribution in [0.2, 0.25) is 0 Å². The minimum Gasteiger partial charge on any atom is -0.393 e. The van der Waals surface area contributed by atoms with E-state index in [1.807, 2.05) is 0 Å². The molecule has 0 spiro atoms. The molecule has 0 amide bonds. The zero-order valence-corrected chi connectivity index (χ0v) is 12.3. The van der Waals surface area contributed by atoms with E-state index >= 15 is 0 Å². The summed E-state index contributed by atoms with van der Waals surface area (Å²) in [4.78, 5) is 5.11. The molecule has 0 aromatic heterocycles. The number of hydrogen-bond donors (Lipinski definition) is 1. The Bertz CT molecular complexity index is 249. The molecule has 1 aliphatic heterocycles. The summed E-state index contributed by atoms with van der Waals surface area (Å²) in [6.07, 6.45) is 3.38. The van der Waals surface area contributed by atoms with E-state index in [0.717, 1.165) is 18.9 Å². The molecule has 1 aliphatic carbocycles. The lowest BCUT2D eigenvalue weighted by Gasteiger charge is -2.40. The second-order valence-electron chi connectivity index (χ2n) is 6.68. The highest BCUT2D eigenvalue weighted by Gasteiger charge is 2.29. The summed E-state index contributed by atoms with van der Waals surface area (Å²) < 4.78 is 0. The highest BCUT2D eigenvalue weighted by Crippen LogP contribution is 2.29. The second-order valence-corrected chi connectivity index (χ2v) is 6.68. The molecule has 3 unspecified atom stereocenters. The molecule has 3 atom stereocenters. The molecular formula is C15H30N2O. The van der Waals surface area contributed by atoms with E-state index in [9.17, 15) is 5.11 Å². The lowest BCUT2D eigenvalue weighted by atomic mass is 9.80. The summed E-state index contributed by atoms with van der Waals surface area (Å²) in [6, 6.07) is 0.674. The minimum absolute atomic E-state index is 0.0515. The third-order valence-corrected chi connectivity index (χ3v) is 4.83. The van der Waals surface area contributed by atoms with E-state index < -0.39 is 0 Å². The molecule has 1 heterocycles. The largest absolute Gasteiger partial charge is 0.393 e. The Morgan fingerprint density at radius 3 is 2.39 bits per heavy atom. The predicted octanol–water partition coefficient (Wildman–Crippen LogP) is 1.81. The first kappa shape index (κ1) is 14.3. The van der Waals surface area contributed by atoms with Gasteiger partial charge in [-0.15, -0.1) is 0 Å². The van der Waals surface area contributed by atoms with E-state index in [1.165, 1.54) is 39.0 Å². The maximum Gasteiger partial charge on any atom is 0.0580 e. The standard InChI is InChI=1S/C15H30N2O/c1-12(2)17-8-6-16(7-9-17)11-14-10-13(3)4-5-15(14)18/h12-15,18H,4-11H2,1-3H3. The van der Waals surface area contributed by atoms with Gasteiger partial charge in [0.25, 0.3) is 0 Å². The Morgan fingerprint density at radius 1 is 1.11 bits per heavy atom. The van der Waals surface area contributed by atoms with E-state index in [1.54, 1.807) is 0 Å². The maximum absolute atomic E-state index is 10.1. The highest BCUT2D eigenvalue weighted by molar-refractivity contribution is 4.83. The molecule has 0 bridgehead atoms. The van der Waals surface area contributed by atoms with Crippen LogP contribution in [-0.2, 0) is 0 Å². The van der Waals surface area contributed by atoms with Gasteiger partial charge >= 0.3 is 0 Å². The minimum atomic E-state index is -0.0515. The van der Waals surface area contributed by atoms with Crippen LogP contribution in [0.25, 0.3) is 0 Å². The normalized spacial score (nSPS) is 36.2. The first-order valence-electron chi connectivity index (χ1n) is 7.70. The third kappa shape index (κ3) is 3.69. The van der Waals surface area contributed by atoms with Crippen molar-refractivity contribution in [3.8, 4) is 0 Å². The maximum atomic E-state index is 10.1. The molecule has 2 fully saturated rings. The molecule has 1 saturated carbocycles. The quantitative estimate of drug-likeness (QED) is 0.832. The summed E-state index contributed by atoms with van der Waals surface area (Å²) in [7, 11) is 0. The number of aliphatic hydroxyl groups excluding tert-OH is 1. The molecule has 0 aromatic rings. The molecule has 1 N–H and O–H groups in total. The number of piperazine rings is 1. The van der Waals surface area contributed by atoms with Gasteiger partial charge in [-0.25, -0.2) is 0 Å². The fourth-order valence-corrected chi connectivity index (χ4v) is 3.47. The summed E-state index contributed by atoms with van der Waals surface area (Å²) in [5, 5.41) is 10.1. The lowest BCUT2D eigenvalue weighted by Crippen LogP contribution is -2.51. The summed E-state index contributed by atoms with van der Waals surface area (Å²) >= 11 is 0. The highest BCUT2D eigenvalue weighted by atomic mass is 16.3. The van der Waals surface area contributed by atoms with Crippen molar-refractivity contribution in [1.82, 2.24) is 9.80 Å². The van der Waals surface area contributed by atoms with Crippen LogP contribution in [0.5, 0.6) is 0 Å². The van der Waals surface area contributed by atoms with Gasteiger partial charge in [-0.3, -0.25) is 4.90 Å². The van der Waals surface area contributed by atoms with Gasteiger partial charge in [0.2, 0.25) is 0 Å².